The quantitative estimate of drug-likeness (QED) is 0.876. The smallest absolute Gasteiger partial charge is 0.275 e. The minimum atomic E-state index is -3.50. The summed E-state index contributed by atoms with van der Waals surface area (Å²) in [7, 11) is -0.556. The summed E-state index contributed by atoms with van der Waals surface area (Å²) in [4.78, 5) is 5.40. The van der Waals surface area contributed by atoms with E-state index in [0.29, 0.717) is 18.8 Å². The van der Waals surface area contributed by atoms with Crippen molar-refractivity contribution in [2.24, 2.45) is 0 Å². The van der Waals surface area contributed by atoms with Crippen LogP contribution < -0.4 is 5.32 Å². The monoisotopic (exact) mass is 315 g/mol. The molecule has 0 saturated carbocycles. The lowest BCUT2D eigenvalue weighted by atomic mass is 10.4. The van der Waals surface area contributed by atoms with Gasteiger partial charge < -0.3 is 9.73 Å². The average Bonchev–Trinajstić information content (AvgIpc) is 2.99. The fraction of sp³-hybridized carbons (Fsp3) is 0.417. The molecule has 0 fully saturated rings. The van der Waals surface area contributed by atoms with Crippen LogP contribution in [0.15, 0.2) is 27.8 Å². The normalized spacial score (nSPS) is 12.2. The number of rotatable bonds is 6. The standard InChI is InChI=1S/C12H17N3O3S2/c1-9-6-14-11(19-9)8-13-7-10-4-5-12(18-10)20(16,17)15(2)3/h4-6,13H,7-8H2,1-3H3. The van der Waals surface area contributed by atoms with Crippen molar-refractivity contribution in [1.82, 2.24) is 14.6 Å². The number of aromatic nitrogens is 1. The second-order valence-electron chi connectivity index (χ2n) is 4.48. The molecule has 0 aliphatic rings. The first-order chi connectivity index (χ1) is 9.39. The summed E-state index contributed by atoms with van der Waals surface area (Å²) in [5, 5.41) is 4.13. The lowest BCUT2D eigenvalue weighted by Gasteiger charge is -2.07. The van der Waals surface area contributed by atoms with Gasteiger partial charge in [0.1, 0.15) is 10.8 Å². The van der Waals surface area contributed by atoms with Crippen molar-refractivity contribution in [3.05, 3.63) is 34.0 Å². The Kier molecular flexibility index (Phi) is 4.59. The molecule has 1 N–H and O–H groups in total. The van der Waals surface area contributed by atoms with Gasteiger partial charge in [-0.15, -0.1) is 11.3 Å². The molecule has 0 aliphatic heterocycles. The number of hydrogen-bond donors (Lipinski definition) is 1. The van der Waals surface area contributed by atoms with Crippen molar-refractivity contribution in [2.45, 2.75) is 25.1 Å². The van der Waals surface area contributed by atoms with Crippen LogP contribution in [0.5, 0.6) is 0 Å². The molecule has 0 unspecified atom stereocenters. The van der Waals surface area contributed by atoms with Gasteiger partial charge in [0.2, 0.25) is 5.09 Å². The van der Waals surface area contributed by atoms with Crippen LogP contribution in [0.1, 0.15) is 15.6 Å². The van der Waals surface area contributed by atoms with Gasteiger partial charge in [-0.2, -0.15) is 0 Å². The number of furan rings is 1. The second-order valence-corrected chi connectivity index (χ2v) is 7.88. The summed E-state index contributed by atoms with van der Waals surface area (Å²) in [6.07, 6.45) is 1.83. The third kappa shape index (κ3) is 3.45. The number of nitrogens with one attached hydrogen (secondary N) is 1. The first-order valence-corrected chi connectivity index (χ1v) is 8.28. The molecular formula is C12H17N3O3S2. The van der Waals surface area contributed by atoms with E-state index in [1.54, 1.807) is 17.4 Å². The van der Waals surface area contributed by atoms with Crippen molar-refractivity contribution in [3.8, 4) is 0 Å². The first kappa shape index (κ1) is 15.2. The highest BCUT2D eigenvalue weighted by molar-refractivity contribution is 7.88. The van der Waals surface area contributed by atoms with Gasteiger partial charge in [-0.1, -0.05) is 0 Å². The van der Waals surface area contributed by atoms with E-state index in [1.165, 1.54) is 25.0 Å². The largest absolute Gasteiger partial charge is 0.447 e. The van der Waals surface area contributed by atoms with Crippen molar-refractivity contribution < 1.29 is 12.8 Å². The van der Waals surface area contributed by atoms with Crippen LogP contribution in [0.3, 0.4) is 0 Å². The van der Waals surface area contributed by atoms with Crippen molar-refractivity contribution in [2.75, 3.05) is 14.1 Å². The molecule has 0 amide bonds. The van der Waals surface area contributed by atoms with Crippen LogP contribution >= 0.6 is 11.3 Å². The highest BCUT2D eigenvalue weighted by atomic mass is 32.2. The summed E-state index contributed by atoms with van der Waals surface area (Å²) in [5.41, 5.74) is 0. The van der Waals surface area contributed by atoms with Crippen molar-refractivity contribution in [1.29, 1.82) is 0 Å². The predicted molar refractivity (Wildman–Crippen MR) is 77.0 cm³/mol. The Labute approximate surface area is 122 Å². The van der Waals surface area contributed by atoms with Crippen LogP contribution in [-0.4, -0.2) is 31.8 Å². The average molecular weight is 315 g/mol. The van der Waals surface area contributed by atoms with Gasteiger partial charge in [-0.3, -0.25) is 0 Å². The van der Waals surface area contributed by atoms with E-state index in [1.807, 2.05) is 13.1 Å². The summed E-state index contributed by atoms with van der Waals surface area (Å²) < 4.78 is 30.2. The number of hydrogen-bond acceptors (Lipinski definition) is 6. The Balaban J connectivity index is 1.93. The Morgan fingerprint density at radius 2 is 2.10 bits per heavy atom. The third-order valence-corrected chi connectivity index (χ3v) is 5.22. The molecule has 0 bridgehead atoms. The van der Waals surface area contributed by atoms with Crippen LogP contribution in [0.2, 0.25) is 0 Å². The fourth-order valence-electron chi connectivity index (χ4n) is 1.55. The molecule has 0 aromatic carbocycles. The van der Waals surface area contributed by atoms with Crippen LogP contribution in [-0.2, 0) is 23.1 Å². The van der Waals surface area contributed by atoms with E-state index in [-0.39, 0.29) is 5.09 Å². The van der Waals surface area contributed by atoms with E-state index in [4.69, 9.17) is 4.42 Å². The molecule has 2 heterocycles. The molecule has 2 rings (SSSR count). The molecule has 110 valence electrons. The van der Waals surface area contributed by atoms with E-state index < -0.39 is 10.0 Å². The molecule has 2 aromatic rings. The van der Waals surface area contributed by atoms with Crippen molar-refractivity contribution >= 4 is 21.4 Å². The van der Waals surface area contributed by atoms with Gasteiger partial charge in [-0.05, 0) is 19.1 Å². The van der Waals surface area contributed by atoms with Crippen LogP contribution in [0, 0.1) is 6.92 Å². The molecule has 0 aliphatic carbocycles. The minimum Gasteiger partial charge on any atom is -0.447 e. The Hall–Kier alpha value is -1.22. The Morgan fingerprint density at radius 3 is 2.70 bits per heavy atom. The van der Waals surface area contributed by atoms with E-state index >= 15 is 0 Å². The fourth-order valence-corrected chi connectivity index (χ4v) is 3.12. The zero-order valence-electron chi connectivity index (χ0n) is 11.6. The number of thiazole rings is 1. The molecule has 8 heteroatoms. The Morgan fingerprint density at radius 1 is 1.35 bits per heavy atom. The lowest BCUT2D eigenvalue weighted by molar-refractivity contribution is 0.389. The Bertz CT molecular complexity index is 674. The second kappa shape index (κ2) is 6.04. The number of aryl methyl sites for hydroxylation is 1. The van der Waals surface area contributed by atoms with E-state index in [9.17, 15) is 8.42 Å². The van der Waals surface area contributed by atoms with Crippen LogP contribution in [0.25, 0.3) is 0 Å². The number of sulfonamides is 1. The van der Waals surface area contributed by atoms with E-state index in [0.717, 1.165) is 9.31 Å². The maximum atomic E-state index is 11.8. The van der Waals surface area contributed by atoms with Gasteiger partial charge >= 0.3 is 0 Å². The zero-order valence-corrected chi connectivity index (χ0v) is 13.2. The molecule has 0 atom stereocenters. The maximum absolute atomic E-state index is 11.8. The minimum absolute atomic E-state index is 0.0376. The highest BCUT2D eigenvalue weighted by Gasteiger charge is 2.21. The molecule has 0 radical (unpaired) electrons. The van der Waals surface area contributed by atoms with Gasteiger partial charge in [-0.25, -0.2) is 17.7 Å². The lowest BCUT2D eigenvalue weighted by Crippen LogP contribution is -2.21. The van der Waals surface area contributed by atoms with Gasteiger partial charge in [0.15, 0.2) is 0 Å². The maximum Gasteiger partial charge on any atom is 0.275 e. The molecule has 2 aromatic heterocycles. The predicted octanol–water partition coefficient (Wildman–Crippen LogP) is 1.58. The summed E-state index contributed by atoms with van der Waals surface area (Å²) in [5.74, 6) is 0.582. The summed E-state index contributed by atoms with van der Waals surface area (Å²) in [6.45, 7) is 3.10. The topological polar surface area (TPSA) is 75.4 Å². The van der Waals surface area contributed by atoms with Gasteiger partial charge in [0.05, 0.1) is 6.54 Å². The molecule has 0 saturated heterocycles. The summed E-state index contributed by atoms with van der Waals surface area (Å²) in [6, 6.07) is 3.14. The number of nitrogens with zero attached hydrogens (tertiary/aromatic N) is 2. The third-order valence-electron chi connectivity index (χ3n) is 2.62. The summed E-state index contributed by atoms with van der Waals surface area (Å²) >= 11 is 1.63. The first-order valence-electron chi connectivity index (χ1n) is 6.03. The highest BCUT2D eigenvalue weighted by Crippen LogP contribution is 2.17. The van der Waals surface area contributed by atoms with Crippen LogP contribution in [0.4, 0.5) is 0 Å². The zero-order chi connectivity index (χ0) is 14.8. The molecule has 6 nitrogen and oxygen atoms in total. The molecular weight excluding hydrogens is 298 g/mol. The SMILES string of the molecule is Cc1cnc(CNCc2ccc(S(=O)(=O)N(C)C)o2)s1. The van der Waals surface area contributed by atoms with Gasteiger partial charge in [0, 0.05) is 31.7 Å². The van der Waals surface area contributed by atoms with Crippen molar-refractivity contribution in [3.63, 3.8) is 0 Å². The molecule has 20 heavy (non-hydrogen) atoms. The van der Waals surface area contributed by atoms with E-state index in [2.05, 4.69) is 10.3 Å². The van der Waals surface area contributed by atoms with Gasteiger partial charge in [0.25, 0.3) is 10.0 Å². The molecule has 0 spiro atoms.